The number of rotatable bonds is 12. The third-order valence-corrected chi connectivity index (χ3v) is 5.82. The number of nitrogens with zero attached hydrogens (tertiary/aromatic N) is 3. The van der Waals surface area contributed by atoms with Crippen LogP contribution in [0, 0.1) is 0 Å². The van der Waals surface area contributed by atoms with Gasteiger partial charge in [-0.15, -0.1) is 0 Å². The van der Waals surface area contributed by atoms with Crippen molar-refractivity contribution in [1.82, 2.24) is 14.4 Å². The average Bonchev–Trinajstić information content (AvgIpc) is 3.31. The summed E-state index contributed by atoms with van der Waals surface area (Å²) in [6.45, 7) is 5.92. The summed E-state index contributed by atoms with van der Waals surface area (Å²) < 4.78 is 7.35. The summed E-state index contributed by atoms with van der Waals surface area (Å²) in [6, 6.07) is 23.9. The Morgan fingerprint density at radius 2 is 1.66 bits per heavy atom. The third-order valence-electron chi connectivity index (χ3n) is 5.82. The van der Waals surface area contributed by atoms with E-state index in [2.05, 4.69) is 16.7 Å². The molecule has 0 saturated carbocycles. The number of carbonyl (C=O) groups excluding carboxylic acids is 2. The maximum absolute atomic E-state index is 13.4. The normalized spacial score (nSPS) is 11.2. The Balaban J connectivity index is 1.70. The fourth-order valence-corrected chi connectivity index (χ4v) is 3.82. The molecule has 0 unspecified atom stereocenters. The van der Waals surface area contributed by atoms with Gasteiger partial charge in [-0.05, 0) is 43.2 Å². The van der Waals surface area contributed by atoms with E-state index in [1.54, 1.807) is 18.1 Å². The van der Waals surface area contributed by atoms with Crippen LogP contribution in [0.5, 0.6) is 0 Å². The molecule has 35 heavy (non-hydrogen) atoms. The van der Waals surface area contributed by atoms with Crippen LogP contribution < -0.4 is 0 Å². The van der Waals surface area contributed by atoms with Crippen molar-refractivity contribution >= 4 is 17.9 Å². The molecule has 3 rings (SSSR count). The molecule has 0 fully saturated rings. The summed E-state index contributed by atoms with van der Waals surface area (Å²) in [5, 5.41) is 0. The predicted octanol–water partition coefficient (Wildman–Crippen LogP) is 4.46. The summed E-state index contributed by atoms with van der Waals surface area (Å²) in [5.74, 6) is -0.305. The van der Waals surface area contributed by atoms with Crippen molar-refractivity contribution in [3.05, 3.63) is 102 Å². The monoisotopic (exact) mass is 473 g/mol. The maximum atomic E-state index is 13.4. The molecule has 0 N–H and O–H groups in total. The SMILES string of the molecule is COCCN(CC(=O)N(Cc1cccn1Cc1ccccc1)C(C)C)C(=O)C=Cc1ccccc1. The fraction of sp³-hybridized carbons (Fsp3) is 0.310. The van der Waals surface area contributed by atoms with Crippen LogP contribution in [0.3, 0.4) is 0 Å². The summed E-state index contributed by atoms with van der Waals surface area (Å²) in [4.78, 5) is 29.7. The number of ether oxygens (including phenoxy) is 1. The molecule has 0 aliphatic heterocycles. The van der Waals surface area contributed by atoms with Crippen LogP contribution in [0.4, 0.5) is 0 Å². The number of carbonyl (C=O) groups is 2. The van der Waals surface area contributed by atoms with Gasteiger partial charge in [-0.2, -0.15) is 0 Å². The molecule has 3 aromatic rings. The molecule has 6 heteroatoms. The van der Waals surface area contributed by atoms with E-state index >= 15 is 0 Å². The van der Waals surface area contributed by atoms with Gasteiger partial charge in [-0.1, -0.05) is 60.7 Å². The molecule has 2 amide bonds. The van der Waals surface area contributed by atoms with Gasteiger partial charge in [0.1, 0.15) is 6.54 Å². The number of amides is 2. The second-order valence-corrected chi connectivity index (χ2v) is 8.73. The van der Waals surface area contributed by atoms with Crippen LogP contribution in [0.1, 0.15) is 30.7 Å². The Bertz CT molecular complexity index is 1090. The predicted molar refractivity (Wildman–Crippen MR) is 140 cm³/mol. The lowest BCUT2D eigenvalue weighted by atomic mass is 10.2. The first-order valence-corrected chi connectivity index (χ1v) is 12.0. The van der Waals surface area contributed by atoms with Crippen LogP contribution in [-0.2, 0) is 27.4 Å². The Hall–Kier alpha value is -3.64. The highest BCUT2D eigenvalue weighted by Gasteiger charge is 2.23. The summed E-state index contributed by atoms with van der Waals surface area (Å²) in [5.41, 5.74) is 3.19. The topological polar surface area (TPSA) is 54.8 Å². The lowest BCUT2D eigenvalue weighted by Gasteiger charge is -2.30. The second-order valence-electron chi connectivity index (χ2n) is 8.73. The number of hydrogen-bond acceptors (Lipinski definition) is 3. The first kappa shape index (κ1) is 26.0. The summed E-state index contributed by atoms with van der Waals surface area (Å²) in [7, 11) is 1.59. The van der Waals surface area contributed by atoms with Crippen molar-refractivity contribution in [3.63, 3.8) is 0 Å². The van der Waals surface area contributed by atoms with Crippen molar-refractivity contribution < 1.29 is 14.3 Å². The van der Waals surface area contributed by atoms with Crippen LogP contribution >= 0.6 is 0 Å². The lowest BCUT2D eigenvalue weighted by Crippen LogP contribution is -2.46. The van der Waals surface area contributed by atoms with Crippen molar-refractivity contribution in [1.29, 1.82) is 0 Å². The minimum atomic E-state index is -0.213. The zero-order valence-corrected chi connectivity index (χ0v) is 20.8. The minimum Gasteiger partial charge on any atom is -0.383 e. The van der Waals surface area contributed by atoms with Gasteiger partial charge in [0.25, 0.3) is 0 Å². The van der Waals surface area contributed by atoms with Gasteiger partial charge in [0.2, 0.25) is 11.8 Å². The Kier molecular flexibility index (Phi) is 9.87. The van der Waals surface area contributed by atoms with Gasteiger partial charge < -0.3 is 19.1 Å². The van der Waals surface area contributed by atoms with Gasteiger partial charge in [-0.25, -0.2) is 0 Å². The molecule has 0 atom stereocenters. The van der Waals surface area contributed by atoms with Gasteiger partial charge in [0.15, 0.2) is 0 Å². The molecule has 0 aliphatic rings. The van der Waals surface area contributed by atoms with E-state index in [1.165, 1.54) is 11.6 Å². The minimum absolute atomic E-state index is 0.00109. The van der Waals surface area contributed by atoms with Crippen LogP contribution in [-0.4, -0.2) is 59.0 Å². The molecule has 0 spiro atoms. The van der Waals surface area contributed by atoms with E-state index in [0.717, 1.165) is 17.8 Å². The molecule has 184 valence electrons. The van der Waals surface area contributed by atoms with Gasteiger partial charge in [0.05, 0.1) is 13.2 Å². The molecule has 0 bridgehead atoms. The third kappa shape index (κ3) is 7.97. The number of aromatic nitrogens is 1. The van der Waals surface area contributed by atoms with E-state index in [9.17, 15) is 9.59 Å². The quantitative estimate of drug-likeness (QED) is 0.365. The summed E-state index contributed by atoms with van der Waals surface area (Å²) in [6.07, 6.45) is 5.32. The van der Waals surface area contributed by atoms with Crippen molar-refractivity contribution in [2.24, 2.45) is 0 Å². The molecule has 0 saturated heterocycles. The number of benzene rings is 2. The van der Waals surface area contributed by atoms with Gasteiger partial charge in [-0.3, -0.25) is 9.59 Å². The van der Waals surface area contributed by atoms with Crippen molar-refractivity contribution in [2.45, 2.75) is 33.0 Å². The molecule has 2 aromatic carbocycles. The Morgan fingerprint density at radius 3 is 2.31 bits per heavy atom. The van der Waals surface area contributed by atoms with Crippen LogP contribution in [0.15, 0.2) is 85.1 Å². The first-order valence-electron chi connectivity index (χ1n) is 12.0. The standard InChI is InChI=1S/C29H35N3O3/c1-24(2)32(22-27-15-10-18-30(27)21-26-13-8-5-9-14-26)29(34)23-31(19-20-35-3)28(33)17-16-25-11-6-4-7-12-25/h4-18,24H,19-23H2,1-3H3. The molecule has 0 radical (unpaired) electrons. The molecular formula is C29H35N3O3. The molecule has 1 aromatic heterocycles. The van der Waals surface area contributed by atoms with Gasteiger partial charge in [0, 0.05) is 44.2 Å². The van der Waals surface area contributed by atoms with E-state index in [4.69, 9.17) is 4.74 Å². The molecule has 0 aliphatic carbocycles. The Labute approximate surface area is 208 Å². The smallest absolute Gasteiger partial charge is 0.247 e. The number of methoxy groups -OCH3 is 1. The number of hydrogen-bond donors (Lipinski definition) is 0. The van der Waals surface area contributed by atoms with E-state index in [-0.39, 0.29) is 24.4 Å². The molecule has 1 heterocycles. The zero-order valence-electron chi connectivity index (χ0n) is 20.8. The first-order chi connectivity index (χ1) is 17.0. The van der Waals surface area contributed by atoms with E-state index in [1.807, 2.05) is 85.6 Å². The highest BCUT2D eigenvalue weighted by atomic mass is 16.5. The highest BCUT2D eigenvalue weighted by molar-refractivity contribution is 5.94. The van der Waals surface area contributed by atoms with Crippen molar-refractivity contribution in [3.8, 4) is 0 Å². The van der Waals surface area contributed by atoms with E-state index in [0.29, 0.717) is 19.7 Å². The van der Waals surface area contributed by atoms with E-state index < -0.39 is 0 Å². The van der Waals surface area contributed by atoms with Crippen LogP contribution in [0.2, 0.25) is 0 Å². The second kappa shape index (κ2) is 13.3. The zero-order chi connectivity index (χ0) is 25.0. The average molecular weight is 474 g/mol. The largest absolute Gasteiger partial charge is 0.383 e. The fourth-order valence-electron chi connectivity index (χ4n) is 3.82. The summed E-state index contributed by atoms with van der Waals surface area (Å²) >= 11 is 0. The highest BCUT2D eigenvalue weighted by Crippen LogP contribution is 2.14. The lowest BCUT2D eigenvalue weighted by molar-refractivity contribution is -0.140. The van der Waals surface area contributed by atoms with Gasteiger partial charge >= 0.3 is 0 Å². The van der Waals surface area contributed by atoms with Crippen LogP contribution in [0.25, 0.3) is 6.08 Å². The molecule has 6 nitrogen and oxygen atoms in total. The van der Waals surface area contributed by atoms with Crippen molar-refractivity contribution in [2.75, 3.05) is 26.8 Å². The maximum Gasteiger partial charge on any atom is 0.247 e. The molecular weight excluding hydrogens is 438 g/mol. The Morgan fingerprint density at radius 1 is 0.971 bits per heavy atom.